The fourth-order valence-electron chi connectivity index (χ4n) is 2.45. The van der Waals surface area contributed by atoms with E-state index in [1.54, 1.807) is 0 Å². The van der Waals surface area contributed by atoms with Crippen LogP contribution in [0.4, 0.5) is 0 Å². The molecule has 2 fully saturated rings. The summed E-state index contributed by atoms with van der Waals surface area (Å²) in [6.45, 7) is 4.13. The van der Waals surface area contributed by atoms with Crippen molar-refractivity contribution in [2.75, 3.05) is 13.2 Å². The van der Waals surface area contributed by atoms with Gasteiger partial charge in [0.05, 0.1) is 6.61 Å². The molecule has 1 saturated heterocycles. The molecule has 2 aliphatic rings. The van der Waals surface area contributed by atoms with Gasteiger partial charge in [0.25, 0.3) is 0 Å². The number of carbonyl (C=O) groups excluding carboxylic acids is 1. The summed E-state index contributed by atoms with van der Waals surface area (Å²) in [4.78, 5) is 10.9. The molecule has 2 unspecified atom stereocenters. The van der Waals surface area contributed by atoms with Gasteiger partial charge < -0.3 is 14.2 Å². The van der Waals surface area contributed by atoms with E-state index in [1.807, 2.05) is 0 Å². The SMILES string of the molecule is C=CC(=O)OCC1COC(C2CCCCC2)O1. The number of rotatable bonds is 4. The maximum atomic E-state index is 10.9. The first-order chi connectivity index (χ1) is 8.29. The van der Waals surface area contributed by atoms with Gasteiger partial charge in [-0.05, 0) is 12.8 Å². The Balaban J connectivity index is 1.71. The highest BCUT2D eigenvalue weighted by Gasteiger charge is 2.33. The van der Waals surface area contributed by atoms with Gasteiger partial charge in [-0.1, -0.05) is 25.8 Å². The van der Waals surface area contributed by atoms with Gasteiger partial charge in [0.2, 0.25) is 0 Å². The molecule has 4 nitrogen and oxygen atoms in total. The van der Waals surface area contributed by atoms with Gasteiger partial charge in [0.15, 0.2) is 6.29 Å². The average Bonchev–Trinajstić information content (AvgIpc) is 2.86. The molecule has 1 aliphatic carbocycles. The largest absolute Gasteiger partial charge is 0.460 e. The third-order valence-electron chi connectivity index (χ3n) is 3.39. The number of esters is 1. The molecule has 1 aliphatic heterocycles. The highest BCUT2D eigenvalue weighted by Crippen LogP contribution is 2.31. The minimum absolute atomic E-state index is 0.0947. The first kappa shape index (κ1) is 12.6. The maximum absolute atomic E-state index is 10.9. The van der Waals surface area contributed by atoms with Crippen LogP contribution in [-0.2, 0) is 19.0 Å². The van der Waals surface area contributed by atoms with Gasteiger partial charge in [-0.25, -0.2) is 4.79 Å². The van der Waals surface area contributed by atoms with Crippen LogP contribution < -0.4 is 0 Å². The van der Waals surface area contributed by atoms with Gasteiger partial charge in [-0.15, -0.1) is 0 Å². The minimum Gasteiger partial charge on any atom is -0.460 e. The molecule has 2 atom stereocenters. The fourth-order valence-corrected chi connectivity index (χ4v) is 2.45. The second-order valence-electron chi connectivity index (χ2n) is 4.69. The Bertz CT molecular complexity index is 271. The molecule has 2 rings (SSSR count). The van der Waals surface area contributed by atoms with Gasteiger partial charge in [0, 0.05) is 12.0 Å². The van der Waals surface area contributed by atoms with Crippen molar-refractivity contribution in [1.82, 2.24) is 0 Å². The summed E-state index contributed by atoms with van der Waals surface area (Å²) >= 11 is 0. The average molecular weight is 240 g/mol. The molecule has 0 aromatic carbocycles. The molecule has 0 bridgehead atoms. The molecule has 1 heterocycles. The van der Waals surface area contributed by atoms with Crippen LogP contribution in [0.25, 0.3) is 0 Å². The standard InChI is InChI=1S/C13H20O4/c1-2-12(14)15-8-11-9-16-13(17-11)10-6-4-3-5-7-10/h2,10-11,13H,1,3-9H2. The molecule has 17 heavy (non-hydrogen) atoms. The molecule has 96 valence electrons. The van der Waals surface area contributed by atoms with Crippen LogP contribution >= 0.6 is 0 Å². The predicted molar refractivity (Wildman–Crippen MR) is 62.3 cm³/mol. The molecule has 0 radical (unpaired) electrons. The van der Waals surface area contributed by atoms with Crippen molar-refractivity contribution in [3.8, 4) is 0 Å². The zero-order valence-corrected chi connectivity index (χ0v) is 10.1. The van der Waals surface area contributed by atoms with Gasteiger partial charge >= 0.3 is 5.97 Å². The lowest BCUT2D eigenvalue weighted by Crippen LogP contribution is -2.26. The summed E-state index contributed by atoms with van der Waals surface area (Å²) < 4.78 is 16.3. The zero-order valence-electron chi connectivity index (χ0n) is 10.1. The van der Waals surface area contributed by atoms with E-state index in [2.05, 4.69) is 6.58 Å². The second-order valence-corrected chi connectivity index (χ2v) is 4.69. The Hall–Kier alpha value is -0.870. The van der Waals surface area contributed by atoms with Crippen LogP contribution in [0.2, 0.25) is 0 Å². The smallest absolute Gasteiger partial charge is 0.330 e. The third kappa shape index (κ3) is 3.54. The molecule has 0 aromatic rings. The van der Waals surface area contributed by atoms with E-state index in [1.165, 1.54) is 32.1 Å². The molecule has 0 spiro atoms. The summed E-state index contributed by atoms with van der Waals surface area (Å²) in [6, 6.07) is 0. The van der Waals surface area contributed by atoms with Crippen LogP contribution in [-0.4, -0.2) is 31.6 Å². The summed E-state index contributed by atoms with van der Waals surface area (Å²) in [5, 5.41) is 0. The van der Waals surface area contributed by atoms with Crippen LogP contribution in [0, 0.1) is 5.92 Å². The highest BCUT2D eigenvalue weighted by molar-refractivity contribution is 5.81. The van der Waals surface area contributed by atoms with Crippen molar-refractivity contribution in [1.29, 1.82) is 0 Å². The topological polar surface area (TPSA) is 44.8 Å². The number of hydrogen-bond acceptors (Lipinski definition) is 4. The molecular formula is C13H20O4. The first-order valence-electron chi connectivity index (χ1n) is 6.36. The third-order valence-corrected chi connectivity index (χ3v) is 3.39. The molecule has 0 N–H and O–H groups in total. The quantitative estimate of drug-likeness (QED) is 0.557. The van der Waals surface area contributed by atoms with Crippen LogP contribution in [0.5, 0.6) is 0 Å². The van der Waals surface area contributed by atoms with Gasteiger partial charge in [0.1, 0.15) is 12.7 Å². The minimum atomic E-state index is -0.408. The van der Waals surface area contributed by atoms with E-state index in [0.29, 0.717) is 12.5 Å². The van der Waals surface area contributed by atoms with E-state index in [0.717, 1.165) is 6.08 Å². The van der Waals surface area contributed by atoms with Crippen molar-refractivity contribution in [2.45, 2.75) is 44.5 Å². The predicted octanol–water partition coefficient (Wildman–Crippen LogP) is 2.04. The Morgan fingerprint density at radius 2 is 2.12 bits per heavy atom. The summed E-state index contributed by atoms with van der Waals surface area (Å²) in [6.07, 6.45) is 7.17. The zero-order chi connectivity index (χ0) is 12.1. The van der Waals surface area contributed by atoms with E-state index in [-0.39, 0.29) is 19.0 Å². The highest BCUT2D eigenvalue weighted by atomic mass is 16.7. The first-order valence-corrected chi connectivity index (χ1v) is 6.36. The lowest BCUT2D eigenvalue weighted by Gasteiger charge is -2.26. The lowest BCUT2D eigenvalue weighted by molar-refractivity contribution is -0.144. The Morgan fingerprint density at radius 1 is 1.35 bits per heavy atom. The van der Waals surface area contributed by atoms with Crippen LogP contribution in [0.15, 0.2) is 12.7 Å². The van der Waals surface area contributed by atoms with Crippen LogP contribution in [0.3, 0.4) is 0 Å². The van der Waals surface area contributed by atoms with E-state index >= 15 is 0 Å². The molecule has 4 heteroatoms. The number of ether oxygens (including phenoxy) is 3. The normalized spacial score (nSPS) is 30.1. The summed E-state index contributed by atoms with van der Waals surface area (Å²) in [7, 11) is 0. The van der Waals surface area contributed by atoms with Crippen LogP contribution in [0.1, 0.15) is 32.1 Å². The number of carbonyl (C=O) groups is 1. The summed E-state index contributed by atoms with van der Waals surface area (Å²) in [5.41, 5.74) is 0. The van der Waals surface area contributed by atoms with Crippen molar-refractivity contribution in [2.24, 2.45) is 5.92 Å². The summed E-state index contributed by atoms with van der Waals surface area (Å²) in [5.74, 6) is 0.110. The Kier molecular flexibility index (Phi) is 4.57. The second kappa shape index (κ2) is 6.17. The monoisotopic (exact) mass is 240 g/mol. The molecular weight excluding hydrogens is 220 g/mol. The van der Waals surface area contributed by atoms with E-state index in [4.69, 9.17) is 14.2 Å². The van der Waals surface area contributed by atoms with E-state index < -0.39 is 5.97 Å². The van der Waals surface area contributed by atoms with Crippen molar-refractivity contribution in [3.63, 3.8) is 0 Å². The molecule has 0 aromatic heterocycles. The van der Waals surface area contributed by atoms with Gasteiger partial charge in [-0.3, -0.25) is 0 Å². The van der Waals surface area contributed by atoms with E-state index in [9.17, 15) is 4.79 Å². The lowest BCUT2D eigenvalue weighted by atomic mass is 9.89. The fraction of sp³-hybridized carbons (Fsp3) is 0.769. The van der Waals surface area contributed by atoms with Crippen molar-refractivity contribution in [3.05, 3.63) is 12.7 Å². The molecule has 1 saturated carbocycles. The maximum Gasteiger partial charge on any atom is 0.330 e. The van der Waals surface area contributed by atoms with Crippen molar-refractivity contribution >= 4 is 5.97 Å². The molecule has 0 amide bonds. The Labute approximate surface area is 102 Å². The Morgan fingerprint density at radius 3 is 2.82 bits per heavy atom. The van der Waals surface area contributed by atoms with Crippen molar-refractivity contribution < 1.29 is 19.0 Å². The number of hydrogen-bond donors (Lipinski definition) is 0. The van der Waals surface area contributed by atoms with Gasteiger partial charge in [-0.2, -0.15) is 0 Å².